The fourth-order valence-electron chi connectivity index (χ4n) is 8.03. The lowest BCUT2D eigenvalue weighted by Gasteiger charge is -2.52. The van der Waals surface area contributed by atoms with E-state index in [2.05, 4.69) is 13.5 Å². The SMILES string of the molecule is C=C(C[C@@]12OC(C(=O)O)[C@@](OCOCCOC)(C(=O)OC)[C@](C(=O)OC)(O1)[C@H](C(=O)/C=C/[C@@H](C)C[C@@H](C)CC)[C@H]2OCOCCOC)[C@@H](OC(C)=O)[C@H](C)Cc1ccccc1. The van der Waals surface area contributed by atoms with E-state index in [9.17, 15) is 24.3 Å². The highest BCUT2D eigenvalue weighted by molar-refractivity contribution is 6.05. The molecule has 3 rings (SSSR count). The lowest BCUT2D eigenvalue weighted by molar-refractivity contribution is -0.387. The standard InChI is InChI=1S/C44H64O17/c1-11-28(2)23-29(3)17-18-34(46)35-37(57-26-55-21-19-51-7)42(25-31(5)36(59-32(6)45)30(4)24-33-15-13-12-14-16-33)60-38(39(47)48)44(41(50)54-10,58-27-56-22-20-52-8)43(35,61-42)40(49)53-9/h12-18,28-30,35-38H,5,11,19-27H2,1-4,6-10H3,(H,47,48)/b18-17+/t28-,29+,30+,35+,36-,37+,38?,42+,43-,44+/m0/s1. The molecule has 0 spiro atoms. The molecular weight excluding hydrogens is 800 g/mol. The molecule has 61 heavy (non-hydrogen) atoms. The Bertz CT molecular complexity index is 1650. The average Bonchev–Trinajstić information content (AvgIpc) is 3.47. The summed E-state index contributed by atoms with van der Waals surface area (Å²) in [6, 6.07) is 9.40. The summed E-state index contributed by atoms with van der Waals surface area (Å²) in [7, 11) is 4.79. The Hall–Kier alpha value is -4.07. The number of carbonyl (C=O) groups excluding carboxylic acids is 4. The van der Waals surface area contributed by atoms with Crippen LogP contribution in [0, 0.1) is 23.7 Å². The Morgan fingerprint density at radius 2 is 1.52 bits per heavy atom. The summed E-state index contributed by atoms with van der Waals surface area (Å²) < 4.78 is 63.3. The first-order valence-electron chi connectivity index (χ1n) is 20.3. The van der Waals surface area contributed by atoms with Crippen molar-refractivity contribution in [1.82, 2.24) is 0 Å². The molecule has 10 atom stereocenters. The molecule has 2 aliphatic heterocycles. The predicted octanol–water partition coefficient (Wildman–Crippen LogP) is 4.23. The van der Waals surface area contributed by atoms with Gasteiger partial charge >= 0.3 is 23.9 Å². The van der Waals surface area contributed by atoms with E-state index in [0.29, 0.717) is 18.8 Å². The van der Waals surface area contributed by atoms with Crippen LogP contribution < -0.4 is 0 Å². The van der Waals surface area contributed by atoms with Crippen molar-refractivity contribution >= 4 is 29.7 Å². The summed E-state index contributed by atoms with van der Waals surface area (Å²) in [6.45, 7) is 12.1. The van der Waals surface area contributed by atoms with Crippen molar-refractivity contribution < 1.29 is 81.2 Å². The second kappa shape index (κ2) is 24.0. The van der Waals surface area contributed by atoms with Crippen molar-refractivity contribution in [2.24, 2.45) is 23.7 Å². The molecule has 0 aliphatic carbocycles. The molecule has 2 aliphatic rings. The quantitative estimate of drug-likeness (QED) is 0.0312. The van der Waals surface area contributed by atoms with Crippen molar-refractivity contribution in [3.05, 3.63) is 60.2 Å². The van der Waals surface area contributed by atoms with E-state index in [1.807, 2.05) is 51.1 Å². The molecule has 1 aromatic carbocycles. The molecule has 1 unspecified atom stereocenters. The molecule has 342 valence electrons. The van der Waals surface area contributed by atoms with Gasteiger partial charge in [-0.3, -0.25) is 9.59 Å². The zero-order valence-electron chi connectivity index (χ0n) is 36.8. The first-order chi connectivity index (χ1) is 29.0. The van der Waals surface area contributed by atoms with Crippen LogP contribution in [0.5, 0.6) is 0 Å². The summed E-state index contributed by atoms with van der Waals surface area (Å²) in [5.41, 5.74) is -5.11. The highest BCUT2D eigenvalue weighted by atomic mass is 16.8. The maximum absolute atomic E-state index is 15.1. The van der Waals surface area contributed by atoms with Crippen molar-refractivity contribution in [3.8, 4) is 0 Å². The van der Waals surface area contributed by atoms with Gasteiger partial charge in [-0.2, -0.15) is 0 Å². The highest BCUT2D eigenvalue weighted by Gasteiger charge is 2.87. The average molecular weight is 865 g/mol. The van der Waals surface area contributed by atoms with Gasteiger partial charge in [-0.05, 0) is 41.9 Å². The number of carboxylic acids is 1. The Balaban J connectivity index is 2.41. The normalized spacial score (nSPS) is 26.5. The zero-order valence-corrected chi connectivity index (χ0v) is 36.8. The Morgan fingerprint density at radius 1 is 0.902 bits per heavy atom. The number of carboxylic acid groups (broad SMARTS) is 1. The van der Waals surface area contributed by atoms with Gasteiger partial charge in [0.15, 0.2) is 5.78 Å². The van der Waals surface area contributed by atoms with Gasteiger partial charge in [0, 0.05) is 33.5 Å². The van der Waals surface area contributed by atoms with Crippen LogP contribution in [0.2, 0.25) is 0 Å². The number of methoxy groups -OCH3 is 4. The largest absolute Gasteiger partial charge is 0.479 e. The second-order valence-electron chi connectivity index (χ2n) is 15.5. The minimum atomic E-state index is -3.14. The van der Waals surface area contributed by atoms with E-state index in [1.165, 1.54) is 27.2 Å². The third-order valence-electron chi connectivity index (χ3n) is 11.0. The smallest absolute Gasteiger partial charge is 0.345 e. The molecule has 0 aromatic heterocycles. The number of hydrogen-bond acceptors (Lipinski definition) is 16. The number of rotatable bonds is 28. The Kier molecular flexibility index (Phi) is 20.1. The van der Waals surface area contributed by atoms with Crippen molar-refractivity contribution in [2.45, 2.75) is 95.6 Å². The highest BCUT2D eigenvalue weighted by Crippen LogP contribution is 2.61. The molecule has 2 heterocycles. The maximum atomic E-state index is 15.1. The van der Waals surface area contributed by atoms with Crippen molar-refractivity contribution in [2.75, 3.05) is 68.5 Å². The van der Waals surface area contributed by atoms with E-state index >= 15 is 4.79 Å². The summed E-state index contributed by atoms with van der Waals surface area (Å²) in [5.74, 6) is -10.9. The monoisotopic (exact) mass is 864 g/mol. The van der Waals surface area contributed by atoms with Crippen LogP contribution in [0.15, 0.2) is 54.6 Å². The molecule has 2 fully saturated rings. The van der Waals surface area contributed by atoms with Gasteiger partial charge in [0.05, 0.1) is 46.6 Å². The predicted molar refractivity (Wildman–Crippen MR) is 217 cm³/mol. The summed E-state index contributed by atoms with van der Waals surface area (Å²) in [4.78, 5) is 70.6. The zero-order chi connectivity index (χ0) is 45.4. The molecular formula is C44H64O17. The number of benzene rings is 1. The summed E-state index contributed by atoms with van der Waals surface area (Å²) in [5, 5.41) is 11.0. The van der Waals surface area contributed by atoms with Crippen LogP contribution >= 0.6 is 0 Å². The van der Waals surface area contributed by atoms with E-state index in [4.69, 9.17) is 52.1 Å². The fourth-order valence-corrected chi connectivity index (χ4v) is 8.03. The van der Waals surface area contributed by atoms with Gasteiger partial charge in [0.25, 0.3) is 0 Å². The molecule has 1 aromatic rings. The first kappa shape index (κ1) is 51.3. The van der Waals surface area contributed by atoms with Gasteiger partial charge < -0.3 is 57.2 Å². The molecule has 0 amide bonds. The number of ketones is 1. The summed E-state index contributed by atoms with van der Waals surface area (Å²) in [6.07, 6.45) is -0.952. The molecule has 1 N–H and O–H groups in total. The minimum absolute atomic E-state index is 0.0235. The van der Waals surface area contributed by atoms with E-state index in [1.54, 1.807) is 6.08 Å². The molecule has 17 heteroatoms. The maximum Gasteiger partial charge on any atom is 0.345 e. The van der Waals surface area contributed by atoms with Gasteiger partial charge in [0.2, 0.25) is 23.1 Å². The van der Waals surface area contributed by atoms with Gasteiger partial charge in [-0.15, -0.1) is 0 Å². The van der Waals surface area contributed by atoms with E-state index in [0.717, 1.165) is 26.2 Å². The number of aliphatic carboxylic acids is 1. The second-order valence-corrected chi connectivity index (χ2v) is 15.5. The van der Waals surface area contributed by atoms with Crippen LogP contribution in [0.4, 0.5) is 0 Å². The number of fused-ring (bicyclic) bond motifs is 2. The Morgan fingerprint density at radius 3 is 2.08 bits per heavy atom. The van der Waals surface area contributed by atoms with Crippen LogP contribution in [-0.4, -0.2) is 139 Å². The topological polar surface area (TPSA) is 207 Å². The lowest BCUT2D eigenvalue weighted by Crippen LogP contribution is -2.78. The number of esters is 3. The molecule has 0 radical (unpaired) electrons. The number of hydrogen-bond donors (Lipinski definition) is 1. The van der Waals surface area contributed by atoms with Gasteiger partial charge in [0.1, 0.15) is 25.8 Å². The van der Waals surface area contributed by atoms with Crippen molar-refractivity contribution in [3.63, 3.8) is 0 Å². The van der Waals surface area contributed by atoms with Crippen LogP contribution in [0.3, 0.4) is 0 Å². The number of allylic oxidation sites excluding steroid dienone is 2. The number of ether oxygens (including phenoxy) is 11. The van der Waals surface area contributed by atoms with Crippen LogP contribution in [0.25, 0.3) is 0 Å². The lowest BCUT2D eigenvalue weighted by atomic mass is 9.68. The molecule has 17 nitrogen and oxygen atoms in total. The third kappa shape index (κ3) is 11.9. The van der Waals surface area contributed by atoms with Crippen molar-refractivity contribution in [1.29, 1.82) is 0 Å². The summed E-state index contributed by atoms with van der Waals surface area (Å²) >= 11 is 0. The Labute approximate surface area is 358 Å². The fraction of sp³-hybridized carbons (Fsp3) is 0.659. The molecule has 0 saturated carbocycles. The molecule has 2 bridgehead atoms. The number of carbonyl (C=O) groups is 5. The van der Waals surface area contributed by atoms with E-state index in [-0.39, 0.29) is 37.9 Å². The minimum Gasteiger partial charge on any atom is -0.479 e. The van der Waals surface area contributed by atoms with Gasteiger partial charge in [-0.25, -0.2) is 14.4 Å². The van der Waals surface area contributed by atoms with E-state index < -0.39 is 96.8 Å². The van der Waals surface area contributed by atoms with Crippen LogP contribution in [0.1, 0.15) is 59.4 Å². The molecule has 2 saturated heterocycles. The van der Waals surface area contributed by atoms with Gasteiger partial charge in [-0.1, -0.05) is 77.1 Å². The third-order valence-corrected chi connectivity index (χ3v) is 11.0. The van der Waals surface area contributed by atoms with Crippen LogP contribution in [-0.2, 0) is 82.5 Å². The first-order valence-corrected chi connectivity index (χ1v) is 20.3.